The second-order valence-electron chi connectivity index (χ2n) is 5.63. The number of aromatic nitrogens is 2. The molecule has 1 aromatic heterocycles. The Labute approximate surface area is 109 Å². The summed E-state index contributed by atoms with van der Waals surface area (Å²) < 4.78 is 1.91. The summed E-state index contributed by atoms with van der Waals surface area (Å²) in [6.07, 6.45) is 6.19. The standard InChI is InChI=1S/C14H25N3O/c1-10(14-9-16-17(3)11(14)2)15-8-12-5-4-6-13(18)7-12/h9-10,12-13,15,18H,4-8H2,1-3H3. The number of aryl methyl sites for hydroxylation is 1. The summed E-state index contributed by atoms with van der Waals surface area (Å²) in [6.45, 7) is 5.28. The van der Waals surface area contributed by atoms with E-state index in [1.54, 1.807) is 0 Å². The van der Waals surface area contributed by atoms with Crippen molar-refractivity contribution < 1.29 is 5.11 Å². The van der Waals surface area contributed by atoms with Crippen molar-refractivity contribution in [3.8, 4) is 0 Å². The lowest BCUT2D eigenvalue weighted by atomic mass is 9.87. The van der Waals surface area contributed by atoms with Crippen LogP contribution in [0.5, 0.6) is 0 Å². The zero-order chi connectivity index (χ0) is 13.1. The summed E-state index contributed by atoms with van der Waals surface area (Å²) in [7, 11) is 1.98. The fraction of sp³-hybridized carbons (Fsp3) is 0.786. The third-order valence-corrected chi connectivity index (χ3v) is 4.21. The van der Waals surface area contributed by atoms with E-state index in [9.17, 15) is 5.11 Å². The van der Waals surface area contributed by atoms with E-state index in [1.165, 1.54) is 17.7 Å². The summed E-state index contributed by atoms with van der Waals surface area (Å²) in [6, 6.07) is 0.331. The van der Waals surface area contributed by atoms with E-state index in [1.807, 2.05) is 17.9 Å². The Bertz CT molecular complexity index is 388. The van der Waals surface area contributed by atoms with Gasteiger partial charge < -0.3 is 10.4 Å². The van der Waals surface area contributed by atoms with Gasteiger partial charge in [-0.25, -0.2) is 0 Å². The lowest BCUT2D eigenvalue weighted by Gasteiger charge is -2.27. The molecule has 1 aliphatic rings. The maximum absolute atomic E-state index is 9.67. The summed E-state index contributed by atoms with van der Waals surface area (Å²) in [5.41, 5.74) is 2.49. The van der Waals surface area contributed by atoms with Gasteiger partial charge in [-0.05, 0) is 45.6 Å². The first-order chi connectivity index (χ1) is 8.58. The van der Waals surface area contributed by atoms with E-state index in [0.29, 0.717) is 12.0 Å². The second kappa shape index (κ2) is 5.85. The Morgan fingerprint density at radius 1 is 1.56 bits per heavy atom. The van der Waals surface area contributed by atoms with Crippen LogP contribution in [0.1, 0.15) is 49.9 Å². The highest BCUT2D eigenvalue weighted by Gasteiger charge is 2.21. The van der Waals surface area contributed by atoms with Crippen LogP contribution in [0.15, 0.2) is 6.20 Å². The Hall–Kier alpha value is -0.870. The van der Waals surface area contributed by atoms with Crippen molar-refractivity contribution in [1.29, 1.82) is 0 Å². The van der Waals surface area contributed by atoms with Gasteiger partial charge in [0.15, 0.2) is 0 Å². The summed E-state index contributed by atoms with van der Waals surface area (Å²) in [5.74, 6) is 0.619. The van der Waals surface area contributed by atoms with Crippen molar-refractivity contribution in [1.82, 2.24) is 15.1 Å². The first-order valence-electron chi connectivity index (χ1n) is 6.98. The van der Waals surface area contributed by atoms with Crippen molar-refractivity contribution in [3.05, 3.63) is 17.5 Å². The zero-order valence-corrected chi connectivity index (χ0v) is 11.7. The fourth-order valence-corrected chi connectivity index (χ4v) is 2.84. The van der Waals surface area contributed by atoms with Crippen molar-refractivity contribution in [3.63, 3.8) is 0 Å². The smallest absolute Gasteiger partial charge is 0.0543 e. The molecule has 1 aliphatic carbocycles. The molecule has 0 aromatic carbocycles. The molecule has 0 bridgehead atoms. The van der Waals surface area contributed by atoms with Gasteiger partial charge in [0.25, 0.3) is 0 Å². The van der Waals surface area contributed by atoms with Gasteiger partial charge in [0.2, 0.25) is 0 Å². The molecule has 2 rings (SSSR count). The predicted octanol–water partition coefficient (Wildman–Crippen LogP) is 1.93. The zero-order valence-electron chi connectivity index (χ0n) is 11.7. The van der Waals surface area contributed by atoms with Crippen LogP contribution in [0.4, 0.5) is 0 Å². The van der Waals surface area contributed by atoms with Gasteiger partial charge in [-0.15, -0.1) is 0 Å². The summed E-state index contributed by atoms with van der Waals surface area (Å²) >= 11 is 0. The van der Waals surface area contributed by atoms with Gasteiger partial charge in [0, 0.05) is 24.3 Å². The number of hydrogen-bond donors (Lipinski definition) is 2. The van der Waals surface area contributed by atoms with Crippen LogP contribution in [0.3, 0.4) is 0 Å². The van der Waals surface area contributed by atoms with Crippen molar-refractivity contribution >= 4 is 0 Å². The highest BCUT2D eigenvalue weighted by molar-refractivity contribution is 5.19. The number of nitrogens with zero attached hydrogens (tertiary/aromatic N) is 2. The van der Waals surface area contributed by atoms with E-state index < -0.39 is 0 Å². The molecule has 1 fully saturated rings. The highest BCUT2D eigenvalue weighted by Crippen LogP contribution is 2.24. The Morgan fingerprint density at radius 3 is 2.94 bits per heavy atom. The van der Waals surface area contributed by atoms with Gasteiger partial charge >= 0.3 is 0 Å². The predicted molar refractivity (Wildman–Crippen MR) is 72.3 cm³/mol. The third kappa shape index (κ3) is 3.12. The average molecular weight is 251 g/mol. The minimum Gasteiger partial charge on any atom is -0.393 e. The van der Waals surface area contributed by atoms with Crippen LogP contribution in [0.2, 0.25) is 0 Å². The molecule has 0 spiro atoms. The van der Waals surface area contributed by atoms with Crippen molar-refractivity contribution in [2.75, 3.05) is 6.54 Å². The Balaban J connectivity index is 1.84. The minimum atomic E-state index is -0.0824. The van der Waals surface area contributed by atoms with Gasteiger partial charge in [-0.2, -0.15) is 5.10 Å². The number of rotatable bonds is 4. The minimum absolute atomic E-state index is 0.0824. The van der Waals surface area contributed by atoms with Crippen LogP contribution in [-0.4, -0.2) is 27.5 Å². The number of nitrogens with one attached hydrogen (secondary N) is 1. The topological polar surface area (TPSA) is 50.1 Å². The number of aliphatic hydroxyl groups is 1. The molecule has 2 N–H and O–H groups in total. The monoisotopic (exact) mass is 251 g/mol. The molecule has 1 saturated carbocycles. The summed E-state index contributed by atoms with van der Waals surface area (Å²) in [4.78, 5) is 0. The molecule has 3 atom stereocenters. The first kappa shape index (κ1) is 13.6. The van der Waals surface area contributed by atoms with E-state index in [2.05, 4.69) is 24.3 Å². The maximum Gasteiger partial charge on any atom is 0.0543 e. The molecule has 3 unspecified atom stereocenters. The van der Waals surface area contributed by atoms with E-state index >= 15 is 0 Å². The second-order valence-corrected chi connectivity index (χ2v) is 5.63. The van der Waals surface area contributed by atoms with Gasteiger partial charge in [-0.1, -0.05) is 6.42 Å². The Kier molecular flexibility index (Phi) is 4.40. The first-order valence-corrected chi connectivity index (χ1v) is 6.98. The molecule has 1 aromatic rings. The normalized spacial score (nSPS) is 26.2. The van der Waals surface area contributed by atoms with Gasteiger partial charge in [0.1, 0.15) is 0 Å². The fourth-order valence-electron chi connectivity index (χ4n) is 2.84. The number of hydrogen-bond acceptors (Lipinski definition) is 3. The molecule has 0 radical (unpaired) electrons. The van der Waals surface area contributed by atoms with E-state index in [-0.39, 0.29) is 6.10 Å². The van der Waals surface area contributed by atoms with Crippen molar-refractivity contribution in [2.45, 2.75) is 51.7 Å². The molecule has 102 valence electrons. The SMILES string of the molecule is Cc1c(C(C)NCC2CCCC(O)C2)cnn1C. The van der Waals surface area contributed by atoms with Crippen molar-refractivity contribution in [2.24, 2.45) is 13.0 Å². The lowest BCUT2D eigenvalue weighted by Crippen LogP contribution is -2.30. The molecule has 0 amide bonds. The van der Waals surface area contributed by atoms with Crippen LogP contribution in [0.25, 0.3) is 0 Å². The van der Waals surface area contributed by atoms with Crippen LogP contribution < -0.4 is 5.32 Å². The number of aliphatic hydroxyl groups excluding tert-OH is 1. The largest absolute Gasteiger partial charge is 0.393 e. The molecule has 4 nitrogen and oxygen atoms in total. The third-order valence-electron chi connectivity index (χ3n) is 4.21. The summed E-state index contributed by atoms with van der Waals surface area (Å²) in [5, 5.41) is 17.5. The van der Waals surface area contributed by atoms with Gasteiger partial charge in [0.05, 0.1) is 12.3 Å². The van der Waals surface area contributed by atoms with Gasteiger partial charge in [-0.3, -0.25) is 4.68 Å². The lowest BCUT2D eigenvalue weighted by molar-refractivity contribution is 0.0998. The molecule has 1 heterocycles. The highest BCUT2D eigenvalue weighted by atomic mass is 16.3. The Morgan fingerprint density at radius 2 is 2.33 bits per heavy atom. The maximum atomic E-state index is 9.67. The van der Waals surface area contributed by atoms with Crippen LogP contribution in [0, 0.1) is 12.8 Å². The molecule has 18 heavy (non-hydrogen) atoms. The molecule has 4 heteroatoms. The molecular formula is C14H25N3O. The average Bonchev–Trinajstić information content (AvgIpc) is 2.67. The van der Waals surface area contributed by atoms with E-state index in [0.717, 1.165) is 25.8 Å². The quantitative estimate of drug-likeness (QED) is 0.859. The molecule has 0 aliphatic heterocycles. The molecular weight excluding hydrogens is 226 g/mol. The van der Waals surface area contributed by atoms with Crippen LogP contribution in [-0.2, 0) is 7.05 Å². The van der Waals surface area contributed by atoms with Crippen LogP contribution >= 0.6 is 0 Å². The van der Waals surface area contributed by atoms with E-state index in [4.69, 9.17) is 0 Å². The molecule has 0 saturated heterocycles.